The second-order valence-electron chi connectivity index (χ2n) is 12.4. The van der Waals surface area contributed by atoms with Gasteiger partial charge in [0.25, 0.3) is 0 Å². The van der Waals surface area contributed by atoms with E-state index in [1.807, 2.05) is 33.3 Å². The fraction of sp³-hybridized carbons (Fsp3) is 1.00. The van der Waals surface area contributed by atoms with Crippen LogP contribution in [-0.2, 0) is 18.9 Å². The van der Waals surface area contributed by atoms with Gasteiger partial charge in [-0.15, -0.1) is 0 Å². The van der Waals surface area contributed by atoms with Crippen molar-refractivity contribution >= 4 is 0 Å². The van der Waals surface area contributed by atoms with Crippen molar-refractivity contribution < 1.29 is 23.8 Å². The predicted molar refractivity (Wildman–Crippen MR) is 129 cm³/mol. The number of rotatable bonds is 5. The van der Waals surface area contributed by atoms with Gasteiger partial charge in [0.05, 0.1) is 43.0 Å². The Morgan fingerprint density at radius 3 is 1.70 bits per heavy atom. The molecule has 3 saturated carbocycles. The minimum atomic E-state index is 0.262. The zero-order chi connectivity index (χ0) is 23.1. The average molecular weight is 465 g/mol. The molecule has 0 aromatic carbocycles. The van der Waals surface area contributed by atoms with Crippen molar-refractivity contribution in [2.45, 2.75) is 108 Å². The van der Waals surface area contributed by atoms with Gasteiger partial charge in [-0.1, -0.05) is 19.8 Å². The summed E-state index contributed by atoms with van der Waals surface area (Å²) in [7, 11) is 7.56. The van der Waals surface area contributed by atoms with Crippen LogP contribution in [0.3, 0.4) is 0 Å². The first kappa shape index (κ1) is 24.5. The van der Waals surface area contributed by atoms with Gasteiger partial charge in [0.1, 0.15) is 0 Å². The van der Waals surface area contributed by atoms with Crippen molar-refractivity contribution in [1.82, 2.24) is 0 Å². The summed E-state index contributed by atoms with van der Waals surface area (Å²) in [5, 5.41) is 0. The van der Waals surface area contributed by atoms with E-state index in [0.717, 1.165) is 47.6 Å². The molecule has 0 radical (unpaired) electrons. The monoisotopic (exact) mass is 464 g/mol. The molecule has 0 amide bonds. The van der Waals surface area contributed by atoms with Crippen LogP contribution in [0.15, 0.2) is 0 Å². The number of ether oxygens (including phenoxy) is 4. The molecule has 5 rings (SSSR count). The first-order valence-corrected chi connectivity index (χ1v) is 14.0. The minimum Gasteiger partial charge on any atom is -0.379 e. The Balaban J connectivity index is 1.43. The molecule has 10 unspecified atom stereocenters. The molecule has 5 fully saturated rings. The summed E-state index contributed by atoms with van der Waals surface area (Å²) in [6.45, 7) is 3.83. The molecule has 0 aromatic rings. The summed E-state index contributed by atoms with van der Waals surface area (Å²) in [4.78, 5) is 1.98. The highest BCUT2D eigenvalue weighted by Crippen LogP contribution is 2.48. The standard InChI is InChI=1S/C28H49NO4/c1-17-6-8-18(9-7-17)28-22-16-27(33-5)25(31-3)14-20(22)12-23-21-15-26(32-4)24(30-2)13-19(21)10-11-29(23)28/h17-28H,6-16H2,1-5H3/p+1/t17?,18?,19?,20?,21?,22?,23?,24?,25?,26?,27?,28-/m1/s1. The van der Waals surface area contributed by atoms with E-state index in [2.05, 4.69) is 6.92 Å². The topological polar surface area (TPSA) is 41.4 Å². The van der Waals surface area contributed by atoms with E-state index in [4.69, 9.17) is 18.9 Å². The van der Waals surface area contributed by atoms with Gasteiger partial charge in [0.2, 0.25) is 0 Å². The molecular weight excluding hydrogens is 414 g/mol. The third-order valence-electron chi connectivity index (χ3n) is 11.1. The van der Waals surface area contributed by atoms with Gasteiger partial charge in [-0.25, -0.2) is 0 Å². The van der Waals surface area contributed by atoms with E-state index in [-0.39, 0.29) is 24.4 Å². The maximum atomic E-state index is 6.01. The lowest BCUT2D eigenvalue weighted by molar-refractivity contribution is -0.976. The van der Waals surface area contributed by atoms with Crippen LogP contribution in [-0.4, -0.2) is 71.5 Å². The van der Waals surface area contributed by atoms with Crippen molar-refractivity contribution in [2.24, 2.45) is 35.5 Å². The van der Waals surface area contributed by atoms with Crippen LogP contribution in [0, 0.1) is 35.5 Å². The summed E-state index contributed by atoms with van der Waals surface area (Å²) in [6, 6.07) is 1.61. The van der Waals surface area contributed by atoms with Crippen molar-refractivity contribution in [3.63, 3.8) is 0 Å². The van der Waals surface area contributed by atoms with Crippen LogP contribution >= 0.6 is 0 Å². The summed E-state index contributed by atoms with van der Waals surface area (Å²) < 4.78 is 23.8. The summed E-state index contributed by atoms with van der Waals surface area (Å²) in [5.41, 5.74) is 0. The minimum absolute atomic E-state index is 0.262. The van der Waals surface area contributed by atoms with Gasteiger partial charge in [0, 0.05) is 52.6 Å². The summed E-state index contributed by atoms with van der Waals surface area (Å²) >= 11 is 0. The smallest absolute Gasteiger partial charge is 0.0937 e. The Bertz CT molecular complexity index is 637. The largest absolute Gasteiger partial charge is 0.379 e. The Kier molecular flexibility index (Phi) is 7.74. The number of fused-ring (bicyclic) bond motifs is 4. The maximum absolute atomic E-state index is 6.01. The molecule has 2 heterocycles. The highest BCUT2D eigenvalue weighted by molar-refractivity contribution is 5.01. The Hall–Kier alpha value is -0.200. The number of piperidine rings is 2. The molecule has 0 spiro atoms. The molecule has 0 aromatic heterocycles. The van der Waals surface area contributed by atoms with Gasteiger partial charge in [-0.2, -0.15) is 0 Å². The average Bonchev–Trinajstić information content (AvgIpc) is 2.86. The first-order chi connectivity index (χ1) is 16.1. The van der Waals surface area contributed by atoms with Gasteiger partial charge in [-0.05, 0) is 62.7 Å². The van der Waals surface area contributed by atoms with E-state index >= 15 is 0 Å². The Labute approximate surface area is 202 Å². The van der Waals surface area contributed by atoms with Gasteiger partial charge in [-0.3, -0.25) is 0 Å². The number of hydrogen-bond donors (Lipinski definition) is 1. The normalized spacial score (nSPS) is 52.5. The van der Waals surface area contributed by atoms with Crippen molar-refractivity contribution in [3.05, 3.63) is 0 Å². The SMILES string of the molecule is COC1CC2CC[NH+]3C(CC4CC(OC)C(OC)CC4[C@H]3C3CCC(C)CC3)C2CC1OC. The molecular formula is C28H50NO4+. The first-order valence-electron chi connectivity index (χ1n) is 14.0. The summed E-state index contributed by atoms with van der Waals surface area (Å²) in [5.74, 6) is 5.01. The number of hydrogen-bond acceptors (Lipinski definition) is 4. The van der Waals surface area contributed by atoms with Crippen LogP contribution in [0.4, 0.5) is 0 Å². The maximum Gasteiger partial charge on any atom is 0.0937 e. The third kappa shape index (κ3) is 4.55. The van der Waals surface area contributed by atoms with Gasteiger partial charge >= 0.3 is 0 Å². The van der Waals surface area contributed by atoms with Crippen LogP contribution < -0.4 is 4.90 Å². The quantitative estimate of drug-likeness (QED) is 0.678. The third-order valence-corrected chi connectivity index (χ3v) is 11.1. The highest BCUT2D eigenvalue weighted by atomic mass is 16.5. The molecule has 11 atom stereocenters. The van der Waals surface area contributed by atoms with Crippen molar-refractivity contribution in [3.8, 4) is 0 Å². The summed E-state index contributed by atoms with van der Waals surface area (Å²) in [6.07, 6.45) is 14.3. The lowest BCUT2D eigenvalue weighted by atomic mass is 9.58. The van der Waals surface area contributed by atoms with E-state index in [1.54, 1.807) is 0 Å². The highest BCUT2D eigenvalue weighted by Gasteiger charge is 2.58. The zero-order valence-corrected chi connectivity index (χ0v) is 21.8. The fourth-order valence-electron chi connectivity index (χ4n) is 9.45. The molecule has 1 N–H and O–H groups in total. The lowest BCUT2D eigenvalue weighted by Gasteiger charge is -2.59. The molecule has 3 aliphatic carbocycles. The second kappa shape index (κ2) is 10.4. The zero-order valence-electron chi connectivity index (χ0n) is 21.8. The van der Waals surface area contributed by atoms with Crippen LogP contribution in [0.2, 0.25) is 0 Å². The Morgan fingerprint density at radius 1 is 0.545 bits per heavy atom. The fourth-order valence-corrected chi connectivity index (χ4v) is 9.45. The lowest BCUT2D eigenvalue weighted by Crippen LogP contribution is -3.24. The number of quaternary nitrogens is 1. The van der Waals surface area contributed by atoms with E-state index in [9.17, 15) is 0 Å². The predicted octanol–water partition coefficient (Wildman–Crippen LogP) is 3.35. The van der Waals surface area contributed by atoms with Crippen LogP contribution in [0.5, 0.6) is 0 Å². The Morgan fingerprint density at radius 2 is 1.09 bits per heavy atom. The molecule has 5 aliphatic rings. The second-order valence-corrected chi connectivity index (χ2v) is 12.4. The number of nitrogens with one attached hydrogen (secondary N) is 1. The van der Waals surface area contributed by atoms with Crippen LogP contribution in [0.25, 0.3) is 0 Å². The molecule has 190 valence electrons. The molecule has 0 bridgehead atoms. The molecule has 5 nitrogen and oxygen atoms in total. The van der Waals surface area contributed by atoms with Gasteiger partial charge < -0.3 is 23.8 Å². The van der Waals surface area contributed by atoms with Gasteiger partial charge in [0.15, 0.2) is 0 Å². The van der Waals surface area contributed by atoms with Crippen LogP contribution in [0.1, 0.15) is 71.1 Å². The molecule has 2 aliphatic heterocycles. The molecule has 5 heteroatoms. The van der Waals surface area contributed by atoms with Crippen molar-refractivity contribution in [1.29, 1.82) is 0 Å². The molecule has 2 saturated heterocycles. The van der Waals surface area contributed by atoms with E-state index < -0.39 is 0 Å². The van der Waals surface area contributed by atoms with Crippen molar-refractivity contribution in [2.75, 3.05) is 35.0 Å². The molecule has 33 heavy (non-hydrogen) atoms. The van der Waals surface area contributed by atoms with E-state index in [0.29, 0.717) is 0 Å². The number of methoxy groups -OCH3 is 4. The van der Waals surface area contributed by atoms with E-state index in [1.165, 1.54) is 70.8 Å².